The second-order valence-electron chi connectivity index (χ2n) is 3.08. The molecule has 0 radical (unpaired) electrons. The van der Waals surface area contributed by atoms with Gasteiger partial charge in [0.1, 0.15) is 6.26 Å². The number of amides is 1. The molecule has 1 aromatic carbocycles. The molecule has 0 spiro atoms. The quantitative estimate of drug-likeness (QED) is 0.828. The zero-order valence-electron chi connectivity index (χ0n) is 8.11. The number of carbonyl (C=O) groups is 1. The van der Waals surface area contributed by atoms with Crippen molar-refractivity contribution in [2.75, 3.05) is 11.1 Å². The van der Waals surface area contributed by atoms with Gasteiger partial charge in [-0.05, 0) is 34.1 Å². The number of nitrogen functional groups attached to an aromatic ring is 1. The lowest BCUT2D eigenvalue weighted by molar-refractivity contribution is 0.102. The Kier molecular flexibility index (Phi) is 2.91. The van der Waals surface area contributed by atoms with Gasteiger partial charge in [0.2, 0.25) is 0 Å². The number of nitrogens with one attached hydrogen (secondary N) is 1. The second kappa shape index (κ2) is 4.36. The first-order valence-electron chi connectivity index (χ1n) is 4.43. The van der Waals surface area contributed by atoms with E-state index in [1.165, 1.54) is 6.26 Å². The predicted molar refractivity (Wildman–Crippen MR) is 63.0 cm³/mol. The third-order valence-corrected chi connectivity index (χ3v) is 2.63. The molecule has 0 bridgehead atoms. The molecule has 6 heteroatoms. The standard InChI is InChI=1S/C10H8BrN3O2/c11-7-5-6(1-2-8(7)12)10(15)13-9-3-4-16-14-9/h1-5H,12H2,(H,13,14,15). The molecule has 0 aliphatic carbocycles. The highest BCUT2D eigenvalue weighted by atomic mass is 79.9. The molecule has 1 amide bonds. The number of carbonyl (C=O) groups excluding carboxylic acids is 1. The topological polar surface area (TPSA) is 81.2 Å². The molecular formula is C10H8BrN3O2. The van der Waals surface area contributed by atoms with Gasteiger partial charge < -0.3 is 15.6 Å². The van der Waals surface area contributed by atoms with Crippen LogP contribution in [0.4, 0.5) is 11.5 Å². The van der Waals surface area contributed by atoms with Crippen molar-refractivity contribution in [1.29, 1.82) is 0 Å². The number of hydrogen-bond acceptors (Lipinski definition) is 4. The number of halogens is 1. The Morgan fingerprint density at radius 2 is 2.25 bits per heavy atom. The van der Waals surface area contributed by atoms with Crippen molar-refractivity contribution in [3.8, 4) is 0 Å². The zero-order chi connectivity index (χ0) is 11.5. The van der Waals surface area contributed by atoms with Crippen molar-refractivity contribution in [2.45, 2.75) is 0 Å². The third-order valence-electron chi connectivity index (χ3n) is 1.94. The van der Waals surface area contributed by atoms with Gasteiger partial charge in [-0.1, -0.05) is 5.16 Å². The molecule has 5 nitrogen and oxygen atoms in total. The summed E-state index contributed by atoms with van der Waals surface area (Å²) in [7, 11) is 0. The molecule has 1 heterocycles. The van der Waals surface area contributed by atoms with Crippen LogP contribution in [0.2, 0.25) is 0 Å². The summed E-state index contributed by atoms with van der Waals surface area (Å²) < 4.78 is 5.28. The number of aromatic nitrogens is 1. The van der Waals surface area contributed by atoms with Crippen molar-refractivity contribution in [3.63, 3.8) is 0 Å². The molecule has 0 saturated carbocycles. The lowest BCUT2D eigenvalue weighted by Crippen LogP contribution is -2.12. The van der Waals surface area contributed by atoms with E-state index in [-0.39, 0.29) is 5.91 Å². The number of nitrogens with two attached hydrogens (primary N) is 1. The van der Waals surface area contributed by atoms with Gasteiger partial charge in [0.15, 0.2) is 5.82 Å². The summed E-state index contributed by atoms with van der Waals surface area (Å²) in [4.78, 5) is 11.7. The van der Waals surface area contributed by atoms with Crippen LogP contribution in [0, 0.1) is 0 Å². The van der Waals surface area contributed by atoms with Crippen LogP contribution < -0.4 is 11.1 Å². The number of rotatable bonds is 2. The largest absolute Gasteiger partial charge is 0.398 e. The SMILES string of the molecule is Nc1ccc(C(=O)Nc2ccon2)cc1Br. The molecule has 16 heavy (non-hydrogen) atoms. The minimum absolute atomic E-state index is 0.269. The lowest BCUT2D eigenvalue weighted by atomic mass is 10.2. The number of anilines is 2. The van der Waals surface area contributed by atoms with Crippen LogP contribution in [0.15, 0.2) is 39.5 Å². The summed E-state index contributed by atoms with van der Waals surface area (Å²) in [6.07, 6.45) is 1.38. The fourth-order valence-electron chi connectivity index (χ4n) is 1.13. The van der Waals surface area contributed by atoms with E-state index in [4.69, 9.17) is 5.73 Å². The van der Waals surface area contributed by atoms with Crippen molar-refractivity contribution in [1.82, 2.24) is 5.16 Å². The maximum absolute atomic E-state index is 11.7. The Hall–Kier alpha value is -1.82. The predicted octanol–water partition coefficient (Wildman–Crippen LogP) is 2.27. The average molecular weight is 282 g/mol. The van der Waals surface area contributed by atoms with Crippen LogP contribution in [0.1, 0.15) is 10.4 Å². The highest BCUT2D eigenvalue weighted by Gasteiger charge is 2.08. The van der Waals surface area contributed by atoms with Gasteiger partial charge in [0.05, 0.1) is 0 Å². The Morgan fingerprint density at radius 1 is 1.44 bits per heavy atom. The molecule has 0 fully saturated rings. The maximum Gasteiger partial charge on any atom is 0.256 e. The van der Waals surface area contributed by atoms with Crippen LogP contribution in [0.5, 0.6) is 0 Å². The van der Waals surface area contributed by atoms with Crippen LogP contribution in [-0.2, 0) is 0 Å². The van der Waals surface area contributed by atoms with E-state index in [9.17, 15) is 4.79 Å². The highest BCUT2D eigenvalue weighted by Crippen LogP contribution is 2.20. The van der Waals surface area contributed by atoms with Gasteiger partial charge in [-0.3, -0.25) is 4.79 Å². The van der Waals surface area contributed by atoms with Crippen molar-refractivity contribution in [2.24, 2.45) is 0 Å². The van der Waals surface area contributed by atoms with Gasteiger partial charge >= 0.3 is 0 Å². The molecule has 82 valence electrons. The van der Waals surface area contributed by atoms with Gasteiger partial charge in [-0.25, -0.2) is 0 Å². The van der Waals surface area contributed by atoms with Crippen molar-refractivity contribution < 1.29 is 9.32 Å². The van der Waals surface area contributed by atoms with Crippen molar-refractivity contribution in [3.05, 3.63) is 40.6 Å². The molecule has 0 unspecified atom stereocenters. The molecule has 0 atom stereocenters. The van der Waals surface area contributed by atoms with Gasteiger partial charge in [0, 0.05) is 21.8 Å². The molecule has 0 aliphatic rings. The van der Waals surface area contributed by atoms with Gasteiger partial charge in [-0.2, -0.15) is 0 Å². The first-order chi connectivity index (χ1) is 7.66. The fourth-order valence-corrected chi connectivity index (χ4v) is 1.51. The Bertz CT molecular complexity index is 511. The van der Waals surface area contributed by atoms with Crippen LogP contribution in [-0.4, -0.2) is 11.1 Å². The highest BCUT2D eigenvalue weighted by molar-refractivity contribution is 9.10. The smallest absolute Gasteiger partial charge is 0.256 e. The van der Waals surface area contributed by atoms with Crippen molar-refractivity contribution >= 4 is 33.3 Å². The number of nitrogens with zero attached hydrogens (tertiary/aromatic N) is 1. The molecule has 0 saturated heterocycles. The normalized spacial score (nSPS) is 10.1. The van der Waals surface area contributed by atoms with Crippen LogP contribution >= 0.6 is 15.9 Å². The van der Waals surface area contributed by atoms with E-state index < -0.39 is 0 Å². The summed E-state index contributed by atoms with van der Waals surface area (Å²) in [6, 6.07) is 6.49. The first-order valence-corrected chi connectivity index (χ1v) is 5.23. The fraction of sp³-hybridized carbons (Fsp3) is 0. The van der Waals surface area contributed by atoms with Gasteiger partial charge in [-0.15, -0.1) is 0 Å². The first kappa shape index (κ1) is 10.7. The molecule has 2 rings (SSSR count). The Morgan fingerprint density at radius 3 is 2.88 bits per heavy atom. The molecule has 2 aromatic rings. The summed E-state index contributed by atoms with van der Waals surface area (Å²) in [5.41, 5.74) is 6.69. The molecule has 1 aromatic heterocycles. The summed E-state index contributed by atoms with van der Waals surface area (Å²) in [5, 5.41) is 6.16. The van der Waals surface area contributed by atoms with E-state index in [1.54, 1.807) is 24.3 Å². The summed E-state index contributed by atoms with van der Waals surface area (Å²) >= 11 is 3.25. The Balaban J connectivity index is 2.18. The van der Waals surface area contributed by atoms with E-state index in [2.05, 4.69) is 30.9 Å². The molecular weight excluding hydrogens is 274 g/mol. The summed E-state index contributed by atoms with van der Waals surface area (Å²) in [5.74, 6) is 0.104. The number of benzene rings is 1. The third kappa shape index (κ3) is 2.22. The molecule has 0 aliphatic heterocycles. The maximum atomic E-state index is 11.7. The monoisotopic (exact) mass is 281 g/mol. The van der Waals surface area contributed by atoms with E-state index in [1.807, 2.05) is 0 Å². The Labute approximate surface area is 99.7 Å². The second-order valence-corrected chi connectivity index (χ2v) is 3.93. The minimum atomic E-state index is -0.269. The van der Waals surface area contributed by atoms with E-state index in [0.29, 0.717) is 21.5 Å². The van der Waals surface area contributed by atoms with Crippen LogP contribution in [0.3, 0.4) is 0 Å². The lowest BCUT2D eigenvalue weighted by Gasteiger charge is -2.03. The minimum Gasteiger partial charge on any atom is -0.398 e. The summed E-state index contributed by atoms with van der Waals surface area (Å²) in [6.45, 7) is 0. The molecule has 3 N–H and O–H groups in total. The number of hydrogen-bond donors (Lipinski definition) is 2. The van der Waals surface area contributed by atoms with Crippen LogP contribution in [0.25, 0.3) is 0 Å². The average Bonchev–Trinajstić information content (AvgIpc) is 2.74. The van der Waals surface area contributed by atoms with E-state index in [0.717, 1.165) is 0 Å². The van der Waals surface area contributed by atoms with Gasteiger partial charge in [0.25, 0.3) is 5.91 Å². The van der Waals surface area contributed by atoms with E-state index >= 15 is 0 Å². The zero-order valence-corrected chi connectivity index (χ0v) is 9.69.